The first-order chi connectivity index (χ1) is 10.7. The summed E-state index contributed by atoms with van der Waals surface area (Å²) in [5.41, 5.74) is 0.983. The molecule has 0 aliphatic heterocycles. The number of thiophene rings is 1. The zero-order chi connectivity index (χ0) is 15.8. The van der Waals surface area contributed by atoms with E-state index < -0.39 is 0 Å². The molecule has 0 N–H and O–H groups in total. The Hall–Kier alpha value is -1.62. The van der Waals surface area contributed by atoms with Crippen molar-refractivity contribution in [1.29, 1.82) is 0 Å². The fourth-order valence-electron chi connectivity index (χ4n) is 1.99. The molecule has 1 aromatic heterocycles. The Labute approximate surface area is 139 Å². The normalized spacial score (nSPS) is 10.6. The van der Waals surface area contributed by atoms with Crippen LogP contribution in [0.1, 0.15) is 10.4 Å². The van der Waals surface area contributed by atoms with Gasteiger partial charge in [-0.05, 0) is 17.7 Å². The topological polar surface area (TPSA) is 29.5 Å². The van der Waals surface area contributed by atoms with Crippen molar-refractivity contribution in [2.75, 3.05) is 13.1 Å². The third-order valence-corrected chi connectivity index (χ3v) is 4.21. The minimum Gasteiger partial charge on any atom is -0.460 e. The largest absolute Gasteiger partial charge is 0.460 e. The van der Waals surface area contributed by atoms with E-state index in [2.05, 4.69) is 6.58 Å². The maximum absolute atomic E-state index is 12.0. The number of carbonyl (C=O) groups excluding carboxylic acids is 1. The zero-order valence-electron chi connectivity index (χ0n) is 12.2. The quantitative estimate of drug-likeness (QED) is 0.536. The van der Waals surface area contributed by atoms with Gasteiger partial charge in [-0.2, -0.15) is 0 Å². The van der Waals surface area contributed by atoms with Crippen LogP contribution >= 0.6 is 22.9 Å². The maximum Gasteiger partial charge on any atom is 0.320 e. The van der Waals surface area contributed by atoms with E-state index in [0.717, 1.165) is 14.8 Å². The van der Waals surface area contributed by atoms with Crippen LogP contribution in [0.25, 0.3) is 0 Å². The molecule has 0 radical (unpaired) electrons. The Kier molecular flexibility index (Phi) is 6.65. The predicted octanol–water partition coefficient (Wildman–Crippen LogP) is 4.13. The van der Waals surface area contributed by atoms with E-state index in [-0.39, 0.29) is 12.5 Å². The zero-order valence-corrected chi connectivity index (χ0v) is 13.8. The van der Waals surface area contributed by atoms with Gasteiger partial charge in [-0.1, -0.05) is 48.0 Å². The second-order valence-electron chi connectivity index (χ2n) is 4.81. The fraction of sp³-hybridized carbons (Fsp3) is 0.235. The first kappa shape index (κ1) is 16.7. The first-order valence-electron chi connectivity index (χ1n) is 6.94. The monoisotopic (exact) mass is 335 g/mol. The Bertz CT molecular complexity index is 612. The molecular formula is C17H18ClNO2S. The Morgan fingerprint density at radius 1 is 1.27 bits per heavy atom. The highest BCUT2D eigenvalue weighted by Crippen LogP contribution is 2.22. The van der Waals surface area contributed by atoms with E-state index in [0.29, 0.717) is 19.7 Å². The van der Waals surface area contributed by atoms with Crippen molar-refractivity contribution < 1.29 is 9.53 Å². The van der Waals surface area contributed by atoms with Crippen molar-refractivity contribution in [2.45, 2.75) is 13.2 Å². The van der Waals surface area contributed by atoms with Gasteiger partial charge in [-0.15, -0.1) is 17.9 Å². The molecule has 22 heavy (non-hydrogen) atoms. The molecule has 3 nitrogen and oxygen atoms in total. The number of rotatable bonds is 8. The number of halogens is 1. The highest BCUT2D eigenvalue weighted by atomic mass is 35.5. The summed E-state index contributed by atoms with van der Waals surface area (Å²) >= 11 is 7.45. The van der Waals surface area contributed by atoms with Crippen LogP contribution in [-0.4, -0.2) is 24.0 Å². The molecule has 0 amide bonds. The number of nitrogens with zero attached hydrogens (tertiary/aromatic N) is 1. The van der Waals surface area contributed by atoms with Crippen LogP contribution in [0.3, 0.4) is 0 Å². The summed E-state index contributed by atoms with van der Waals surface area (Å²) in [6, 6.07) is 13.5. The lowest BCUT2D eigenvalue weighted by Crippen LogP contribution is -2.30. The van der Waals surface area contributed by atoms with Crippen LogP contribution in [0.15, 0.2) is 55.1 Å². The molecule has 2 rings (SSSR count). The summed E-state index contributed by atoms with van der Waals surface area (Å²) in [6.45, 7) is 5.54. The number of benzene rings is 1. The van der Waals surface area contributed by atoms with Crippen molar-refractivity contribution in [3.63, 3.8) is 0 Å². The van der Waals surface area contributed by atoms with Gasteiger partial charge in [-0.25, -0.2) is 0 Å². The standard InChI is InChI=1S/C17H18ClNO2S/c1-2-10-19(11-15-8-9-16(18)22-15)12-17(20)21-13-14-6-4-3-5-7-14/h2-9H,1,10-13H2. The van der Waals surface area contributed by atoms with Gasteiger partial charge in [0.05, 0.1) is 10.9 Å². The summed E-state index contributed by atoms with van der Waals surface area (Å²) in [5.74, 6) is -0.242. The van der Waals surface area contributed by atoms with Crippen molar-refractivity contribution in [3.8, 4) is 0 Å². The molecule has 0 spiro atoms. The van der Waals surface area contributed by atoms with E-state index >= 15 is 0 Å². The SMILES string of the molecule is C=CCN(CC(=O)OCc1ccccc1)Cc1ccc(Cl)s1. The molecule has 0 saturated heterocycles. The fourth-order valence-corrected chi connectivity index (χ4v) is 3.12. The smallest absolute Gasteiger partial charge is 0.320 e. The van der Waals surface area contributed by atoms with Gasteiger partial charge in [0.1, 0.15) is 6.61 Å². The second-order valence-corrected chi connectivity index (χ2v) is 6.61. The van der Waals surface area contributed by atoms with Crippen LogP contribution in [0.2, 0.25) is 4.34 Å². The molecule has 0 saturated carbocycles. The Morgan fingerprint density at radius 2 is 2.05 bits per heavy atom. The molecule has 0 fully saturated rings. The molecule has 1 aromatic carbocycles. The van der Waals surface area contributed by atoms with Crippen molar-refractivity contribution in [3.05, 3.63) is 69.9 Å². The highest BCUT2D eigenvalue weighted by molar-refractivity contribution is 7.16. The number of hydrogen-bond acceptors (Lipinski definition) is 4. The molecule has 116 valence electrons. The Balaban J connectivity index is 1.84. The van der Waals surface area contributed by atoms with Gasteiger partial charge in [-0.3, -0.25) is 9.69 Å². The average molecular weight is 336 g/mol. The molecular weight excluding hydrogens is 318 g/mol. The van der Waals surface area contributed by atoms with Crippen LogP contribution in [0, 0.1) is 0 Å². The summed E-state index contributed by atoms with van der Waals surface area (Å²) in [4.78, 5) is 15.1. The molecule has 0 aliphatic rings. The van der Waals surface area contributed by atoms with E-state index in [9.17, 15) is 4.79 Å². The minimum atomic E-state index is -0.242. The first-order valence-corrected chi connectivity index (χ1v) is 8.14. The van der Waals surface area contributed by atoms with Gasteiger partial charge >= 0.3 is 5.97 Å². The summed E-state index contributed by atoms with van der Waals surface area (Å²) in [6.07, 6.45) is 1.78. The molecule has 0 bridgehead atoms. The summed E-state index contributed by atoms with van der Waals surface area (Å²) in [5, 5.41) is 0. The predicted molar refractivity (Wildman–Crippen MR) is 91.0 cm³/mol. The molecule has 0 unspecified atom stereocenters. The Morgan fingerprint density at radius 3 is 2.68 bits per heavy atom. The van der Waals surface area contributed by atoms with Crippen molar-refractivity contribution in [1.82, 2.24) is 4.90 Å². The maximum atomic E-state index is 12.0. The number of esters is 1. The van der Waals surface area contributed by atoms with E-state index in [1.54, 1.807) is 6.08 Å². The van der Waals surface area contributed by atoms with E-state index in [1.807, 2.05) is 47.4 Å². The van der Waals surface area contributed by atoms with Crippen LogP contribution < -0.4 is 0 Å². The van der Waals surface area contributed by atoms with Crippen molar-refractivity contribution in [2.24, 2.45) is 0 Å². The number of carbonyl (C=O) groups is 1. The third-order valence-electron chi connectivity index (χ3n) is 2.99. The second kappa shape index (κ2) is 8.73. The molecule has 2 aromatic rings. The van der Waals surface area contributed by atoms with Gasteiger partial charge in [0.25, 0.3) is 0 Å². The lowest BCUT2D eigenvalue weighted by molar-refractivity contribution is -0.146. The van der Waals surface area contributed by atoms with Crippen LogP contribution in [-0.2, 0) is 22.7 Å². The summed E-state index contributed by atoms with van der Waals surface area (Å²) in [7, 11) is 0. The number of hydrogen-bond donors (Lipinski definition) is 0. The lowest BCUT2D eigenvalue weighted by Gasteiger charge is -2.18. The van der Waals surface area contributed by atoms with Crippen molar-refractivity contribution >= 4 is 28.9 Å². The molecule has 0 atom stereocenters. The molecule has 0 aliphatic carbocycles. The third kappa shape index (κ3) is 5.64. The summed E-state index contributed by atoms with van der Waals surface area (Å²) < 4.78 is 6.06. The van der Waals surface area contributed by atoms with E-state index in [4.69, 9.17) is 16.3 Å². The van der Waals surface area contributed by atoms with Gasteiger partial charge < -0.3 is 4.74 Å². The minimum absolute atomic E-state index is 0.231. The van der Waals surface area contributed by atoms with E-state index in [1.165, 1.54) is 11.3 Å². The van der Waals surface area contributed by atoms with Gasteiger partial charge in [0.15, 0.2) is 0 Å². The lowest BCUT2D eigenvalue weighted by atomic mass is 10.2. The average Bonchev–Trinajstić information content (AvgIpc) is 2.91. The van der Waals surface area contributed by atoms with Crippen LogP contribution in [0.5, 0.6) is 0 Å². The van der Waals surface area contributed by atoms with Crippen LogP contribution in [0.4, 0.5) is 0 Å². The number of ether oxygens (including phenoxy) is 1. The molecule has 1 heterocycles. The van der Waals surface area contributed by atoms with Gasteiger partial charge in [0.2, 0.25) is 0 Å². The molecule has 5 heteroatoms. The highest BCUT2D eigenvalue weighted by Gasteiger charge is 2.12. The van der Waals surface area contributed by atoms with Gasteiger partial charge in [0, 0.05) is 18.0 Å².